The van der Waals surface area contributed by atoms with Crippen molar-refractivity contribution in [3.05, 3.63) is 59.4 Å². The molecule has 1 aromatic carbocycles. The molecule has 2 amide bonds. The zero-order valence-electron chi connectivity index (χ0n) is 17.9. The summed E-state index contributed by atoms with van der Waals surface area (Å²) in [5, 5.41) is 13.5. The van der Waals surface area contributed by atoms with Crippen LogP contribution in [0, 0.1) is 6.92 Å². The third kappa shape index (κ3) is 3.20. The third-order valence-corrected chi connectivity index (χ3v) is 6.51. The molecule has 6 heteroatoms. The van der Waals surface area contributed by atoms with Crippen LogP contribution in [0.5, 0.6) is 0 Å². The fraction of sp³-hybridized carbons (Fsp3) is 0.478. The number of urea groups is 1. The number of amides is 2. The van der Waals surface area contributed by atoms with Crippen LogP contribution < -0.4 is 10.2 Å². The van der Waals surface area contributed by atoms with Crippen LogP contribution >= 0.6 is 0 Å². The molecule has 1 spiro atoms. The van der Waals surface area contributed by atoms with Crippen molar-refractivity contribution in [2.45, 2.75) is 50.3 Å². The highest BCUT2D eigenvalue weighted by Crippen LogP contribution is 2.53. The van der Waals surface area contributed by atoms with Gasteiger partial charge in [-0.2, -0.15) is 0 Å². The maximum atomic E-state index is 12.9. The van der Waals surface area contributed by atoms with Gasteiger partial charge in [-0.1, -0.05) is 30.3 Å². The summed E-state index contributed by atoms with van der Waals surface area (Å²) in [6, 6.07) is 12.3. The molecule has 0 radical (unpaired) electrons. The number of aryl methyl sites for hydroxylation is 1. The molecule has 2 aromatic rings. The van der Waals surface area contributed by atoms with Gasteiger partial charge in [-0.25, -0.2) is 4.79 Å². The molecule has 1 aromatic heterocycles. The fourth-order valence-corrected chi connectivity index (χ4v) is 4.86. The Kier molecular flexibility index (Phi) is 4.48. The summed E-state index contributed by atoms with van der Waals surface area (Å²) in [5.41, 5.74) is 2.32. The number of benzene rings is 1. The first-order valence-corrected chi connectivity index (χ1v) is 10.1. The molecule has 1 saturated heterocycles. The van der Waals surface area contributed by atoms with Gasteiger partial charge in [0.2, 0.25) is 0 Å². The van der Waals surface area contributed by atoms with Gasteiger partial charge in [-0.15, -0.1) is 0 Å². The second kappa shape index (κ2) is 6.54. The number of hydrogen-bond donors (Lipinski definition) is 2. The van der Waals surface area contributed by atoms with Gasteiger partial charge >= 0.3 is 6.03 Å². The summed E-state index contributed by atoms with van der Waals surface area (Å²) in [6.45, 7) is 6.01. The number of carbonyl (C=O) groups excluding carboxylic acids is 1. The molecule has 2 fully saturated rings. The van der Waals surface area contributed by atoms with Crippen molar-refractivity contribution in [1.29, 1.82) is 0 Å². The van der Waals surface area contributed by atoms with Crippen LogP contribution in [0.2, 0.25) is 0 Å². The molecular weight excluding hydrogens is 364 g/mol. The van der Waals surface area contributed by atoms with Crippen LogP contribution in [-0.4, -0.2) is 47.2 Å². The van der Waals surface area contributed by atoms with Gasteiger partial charge in [-0.05, 0) is 64.9 Å². The number of aliphatic hydroxyl groups is 1. The van der Waals surface area contributed by atoms with E-state index in [9.17, 15) is 9.90 Å². The number of aromatic nitrogens is 1. The Morgan fingerprint density at radius 1 is 1.21 bits per heavy atom. The van der Waals surface area contributed by atoms with E-state index in [4.69, 9.17) is 0 Å². The second-order valence-electron chi connectivity index (χ2n) is 9.36. The first-order chi connectivity index (χ1) is 13.6. The largest absolute Gasteiger partial charge is 0.384 e. The highest BCUT2D eigenvalue weighted by Gasteiger charge is 2.61. The molecular formula is C23H30N4O2. The summed E-state index contributed by atoms with van der Waals surface area (Å²) < 4.78 is 0. The summed E-state index contributed by atoms with van der Waals surface area (Å²) in [4.78, 5) is 21.3. The lowest BCUT2D eigenvalue weighted by atomic mass is 9.59. The second-order valence-corrected chi connectivity index (χ2v) is 9.36. The number of pyridine rings is 1. The van der Waals surface area contributed by atoms with E-state index in [0.717, 1.165) is 24.1 Å². The standard InChI is InChI=1S/C23H30N4O2/c1-16-11-19(21(2,3)29)24-12-18(16)27-15-22(25-20(27)28)13-23(14-22,26(4)5)17-9-7-6-8-10-17/h6-12,29H,13-15H2,1-5H3,(H,25,28)/t22-,23+. The Bertz CT molecular complexity index is 928. The molecule has 1 aliphatic carbocycles. The van der Waals surface area contributed by atoms with Crippen molar-refractivity contribution in [2.75, 3.05) is 25.5 Å². The van der Waals surface area contributed by atoms with Crippen molar-refractivity contribution in [3.63, 3.8) is 0 Å². The van der Waals surface area contributed by atoms with Crippen LogP contribution in [-0.2, 0) is 11.1 Å². The number of hydrogen-bond acceptors (Lipinski definition) is 4. The molecule has 1 aliphatic heterocycles. The number of anilines is 1. The number of rotatable bonds is 4. The van der Waals surface area contributed by atoms with Crippen LogP contribution in [0.15, 0.2) is 42.6 Å². The highest BCUT2D eigenvalue weighted by atomic mass is 16.3. The molecule has 0 atom stereocenters. The molecule has 154 valence electrons. The zero-order valence-corrected chi connectivity index (χ0v) is 17.9. The lowest BCUT2D eigenvalue weighted by Crippen LogP contribution is -2.66. The normalized spacial score (nSPS) is 26.7. The predicted molar refractivity (Wildman–Crippen MR) is 114 cm³/mol. The minimum absolute atomic E-state index is 0.0669. The van der Waals surface area contributed by atoms with Gasteiger partial charge < -0.3 is 10.4 Å². The van der Waals surface area contributed by atoms with E-state index in [-0.39, 0.29) is 17.1 Å². The van der Waals surface area contributed by atoms with Gasteiger partial charge in [0.05, 0.1) is 35.2 Å². The Morgan fingerprint density at radius 3 is 2.41 bits per heavy atom. The molecule has 29 heavy (non-hydrogen) atoms. The third-order valence-electron chi connectivity index (χ3n) is 6.51. The maximum Gasteiger partial charge on any atom is 0.322 e. The van der Waals surface area contributed by atoms with Crippen LogP contribution in [0.3, 0.4) is 0 Å². The number of nitrogens with zero attached hydrogens (tertiary/aromatic N) is 3. The molecule has 4 rings (SSSR count). The van der Waals surface area contributed by atoms with Gasteiger partial charge in [-0.3, -0.25) is 14.8 Å². The van der Waals surface area contributed by atoms with Crippen molar-refractivity contribution < 1.29 is 9.90 Å². The molecule has 6 nitrogen and oxygen atoms in total. The average Bonchev–Trinajstić information content (AvgIpc) is 2.97. The Morgan fingerprint density at radius 2 is 1.86 bits per heavy atom. The van der Waals surface area contributed by atoms with E-state index in [0.29, 0.717) is 12.2 Å². The topological polar surface area (TPSA) is 68.7 Å². The first-order valence-electron chi connectivity index (χ1n) is 10.1. The van der Waals surface area contributed by atoms with E-state index < -0.39 is 5.60 Å². The van der Waals surface area contributed by atoms with Gasteiger partial charge in [0.1, 0.15) is 5.60 Å². The van der Waals surface area contributed by atoms with Gasteiger partial charge in [0.15, 0.2) is 0 Å². The molecule has 1 saturated carbocycles. The average molecular weight is 395 g/mol. The minimum atomic E-state index is -1.01. The first kappa shape index (κ1) is 19.9. The lowest BCUT2D eigenvalue weighted by Gasteiger charge is -2.57. The Hall–Kier alpha value is -2.44. The minimum Gasteiger partial charge on any atom is -0.384 e. The van der Waals surface area contributed by atoms with Crippen molar-refractivity contribution in [2.24, 2.45) is 0 Å². The van der Waals surface area contributed by atoms with Crippen molar-refractivity contribution in [1.82, 2.24) is 15.2 Å². The summed E-state index contributed by atoms with van der Waals surface area (Å²) >= 11 is 0. The van der Waals surface area contributed by atoms with E-state index in [1.54, 1.807) is 24.9 Å². The summed E-state index contributed by atoms with van der Waals surface area (Å²) in [6.07, 6.45) is 3.44. The van der Waals surface area contributed by atoms with Crippen LogP contribution in [0.4, 0.5) is 10.5 Å². The Labute approximate surface area is 172 Å². The highest BCUT2D eigenvalue weighted by molar-refractivity contribution is 5.96. The SMILES string of the molecule is Cc1cc(C(C)(C)O)ncc1N1C[C@]2(C[C@](c3ccccc3)(N(C)C)C2)NC1=O. The maximum absolute atomic E-state index is 12.9. The van der Waals surface area contributed by atoms with Gasteiger partial charge in [0, 0.05) is 0 Å². The lowest BCUT2D eigenvalue weighted by molar-refractivity contribution is -0.0169. The molecule has 2 heterocycles. The van der Waals surface area contributed by atoms with Crippen LogP contribution in [0.25, 0.3) is 0 Å². The molecule has 2 N–H and O–H groups in total. The molecule has 2 aliphatic rings. The van der Waals surface area contributed by atoms with Crippen molar-refractivity contribution in [3.8, 4) is 0 Å². The number of carbonyl (C=O) groups is 1. The Balaban J connectivity index is 1.58. The number of nitrogens with one attached hydrogen (secondary N) is 1. The van der Waals surface area contributed by atoms with E-state index in [1.165, 1.54) is 5.56 Å². The monoisotopic (exact) mass is 394 g/mol. The molecule has 0 unspecified atom stereocenters. The van der Waals surface area contributed by atoms with E-state index in [1.807, 2.05) is 19.1 Å². The quantitative estimate of drug-likeness (QED) is 0.836. The van der Waals surface area contributed by atoms with E-state index >= 15 is 0 Å². The molecule has 0 bridgehead atoms. The smallest absolute Gasteiger partial charge is 0.322 e. The van der Waals surface area contributed by atoms with E-state index in [2.05, 4.69) is 53.6 Å². The summed E-state index contributed by atoms with van der Waals surface area (Å²) in [5.74, 6) is 0. The van der Waals surface area contributed by atoms with Crippen molar-refractivity contribution >= 4 is 11.7 Å². The zero-order chi connectivity index (χ0) is 21.0. The predicted octanol–water partition coefficient (Wildman–Crippen LogP) is 3.14. The van der Waals surface area contributed by atoms with Crippen LogP contribution in [0.1, 0.15) is 43.5 Å². The van der Waals surface area contributed by atoms with Gasteiger partial charge in [0.25, 0.3) is 0 Å². The summed E-state index contributed by atoms with van der Waals surface area (Å²) in [7, 11) is 4.22. The fourth-order valence-electron chi connectivity index (χ4n) is 4.86.